The van der Waals surface area contributed by atoms with Crippen molar-refractivity contribution in [1.82, 2.24) is 9.80 Å². The molecule has 2 aromatic carbocycles. The molecule has 0 bridgehead atoms. The normalized spacial score (nSPS) is 33.7. The maximum Gasteiger partial charge on any atom is 0.254 e. The summed E-state index contributed by atoms with van der Waals surface area (Å²) in [5.74, 6) is -7.40. The molecule has 1 saturated carbocycles. The summed E-state index contributed by atoms with van der Waals surface area (Å²) in [4.78, 5) is 52.6. The van der Waals surface area contributed by atoms with Crippen LogP contribution in [0.3, 0.4) is 0 Å². The molecule has 4 amide bonds. The van der Waals surface area contributed by atoms with Crippen molar-refractivity contribution < 1.29 is 28.7 Å². The number of fused-ring (bicyclic) bond motifs is 4. The lowest BCUT2D eigenvalue weighted by Gasteiger charge is -2.50. The van der Waals surface area contributed by atoms with Crippen LogP contribution in [-0.2, 0) is 25.7 Å². The fraction of sp³-hybridized carbons (Fsp3) is 0.357. The summed E-state index contributed by atoms with van der Waals surface area (Å²) in [7, 11) is 0. The summed E-state index contributed by atoms with van der Waals surface area (Å²) in [5, 5.41) is 10.8. The number of imide groups is 2. The Bertz CT molecular complexity index is 1470. The summed E-state index contributed by atoms with van der Waals surface area (Å²) >= 11 is 17.3. The van der Waals surface area contributed by atoms with Gasteiger partial charge >= 0.3 is 0 Å². The predicted molar refractivity (Wildman–Crippen MR) is 143 cm³/mol. The average molecular weight is 636 g/mol. The second kappa shape index (κ2) is 9.14. The molecule has 7 nitrogen and oxygen atoms in total. The highest BCUT2D eigenvalue weighted by Crippen LogP contribution is 2.66. The lowest BCUT2D eigenvalue weighted by molar-refractivity contribution is -0.141. The first kappa shape index (κ1) is 26.5. The number of hydrogen-bond donors (Lipinski definition) is 1. The van der Waals surface area contributed by atoms with Gasteiger partial charge in [0.1, 0.15) is 0 Å². The first-order valence-electron chi connectivity index (χ1n) is 12.4. The van der Waals surface area contributed by atoms with Crippen LogP contribution < -0.4 is 0 Å². The van der Waals surface area contributed by atoms with Crippen LogP contribution in [0.4, 0.5) is 4.39 Å². The second-order valence-corrected chi connectivity index (χ2v) is 12.2. The molecule has 39 heavy (non-hydrogen) atoms. The number of carbonyl (C=O) groups excluding carboxylic acids is 4. The van der Waals surface area contributed by atoms with Crippen molar-refractivity contribution in [2.75, 3.05) is 5.45 Å². The number of rotatable bonds is 4. The van der Waals surface area contributed by atoms with Crippen molar-refractivity contribution in [3.8, 4) is 5.75 Å². The number of para-hydroxylation sites is 1. The minimum absolute atomic E-state index is 0.0140. The number of carbonyl (C=O) groups is 4. The van der Waals surface area contributed by atoms with Crippen LogP contribution in [0.2, 0.25) is 0 Å². The van der Waals surface area contributed by atoms with Gasteiger partial charge in [-0.05, 0) is 30.4 Å². The standard InChI is InChI=1S/C28H22BrCl2FN2O5/c29-13-34-25(38)27(30)11-18-15(21(28(27,31)26(34)39)17-7-4-8-19(32)22(17)35)9-10-16-20(18)24(37)33(23(16)36)12-14-5-2-1-3-6-14/h1-9,16,18,20-21,35H,10-13H2/t16-,18+,20-,21+,27+,28-/m0/s1. The van der Waals surface area contributed by atoms with Gasteiger partial charge < -0.3 is 5.11 Å². The zero-order chi connectivity index (χ0) is 27.9. The molecule has 11 heteroatoms. The molecule has 1 N–H and O–H groups in total. The highest BCUT2D eigenvalue weighted by atomic mass is 79.9. The van der Waals surface area contributed by atoms with Gasteiger partial charge in [0.15, 0.2) is 21.3 Å². The number of likely N-dealkylation sites (tertiary alicyclic amines) is 2. The second-order valence-electron chi connectivity index (χ2n) is 10.4. The molecule has 2 aliphatic heterocycles. The Morgan fingerprint density at radius 1 is 0.949 bits per heavy atom. The largest absolute Gasteiger partial charge is 0.505 e. The van der Waals surface area contributed by atoms with Gasteiger partial charge in [0.05, 0.1) is 23.8 Å². The maximum absolute atomic E-state index is 14.6. The van der Waals surface area contributed by atoms with E-state index in [-0.39, 0.29) is 36.3 Å². The fourth-order valence-corrected chi connectivity index (χ4v) is 8.27. The lowest BCUT2D eigenvalue weighted by Crippen LogP contribution is -2.60. The van der Waals surface area contributed by atoms with E-state index in [1.807, 2.05) is 30.3 Å². The number of benzene rings is 2. The van der Waals surface area contributed by atoms with Gasteiger partial charge in [0.25, 0.3) is 11.8 Å². The molecule has 0 aromatic heterocycles. The van der Waals surface area contributed by atoms with Gasteiger partial charge in [-0.25, -0.2) is 4.39 Å². The van der Waals surface area contributed by atoms with Crippen LogP contribution in [0, 0.1) is 23.6 Å². The molecule has 2 saturated heterocycles. The Morgan fingerprint density at radius 3 is 2.36 bits per heavy atom. The number of halogens is 4. The Kier molecular flexibility index (Phi) is 6.21. The van der Waals surface area contributed by atoms with Crippen LogP contribution >= 0.6 is 39.1 Å². The molecule has 0 spiro atoms. The zero-order valence-electron chi connectivity index (χ0n) is 20.3. The Balaban J connectivity index is 1.50. The van der Waals surface area contributed by atoms with Gasteiger partial charge in [0.2, 0.25) is 11.8 Å². The van der Waals surface area contributed by atoms with Crippen molar-refractivity contribution in [3.63, 3.8) is 0 Å². The molecule has 3 fully saturated rings. The summed E-state index contributed by atoms with van der Waals surface area (Å²) in [5.41, 5.74) is 1.09. The van der Waals surface area contributed by atoms with Crippen LogP contribution in [-0.4, -0.2) is 53.7 Å². The average Bonchev–Trinajstić information content (AvgIpc) is 3.24. The molecular weight excluding hydrogens is 614 g/mol. The predicted octanol–water partition coefficient (Wildman–Crippen LogP) is 4.44. The first-order chi connectivity index (χ1) is 18.6. The minimum atomic E-state index is -2.10. The molecule has 0 radical (unpaired) electrons. The molecule has 4 aliphatic rings. The molecule has 2 aromatic rings. The van der Waals surface area contributed by atoms with Gasteiger partial charge in [-0.1, -0.05) is 70.0 Å². The molecule has 202 valence electrons. The van der Waals surface area contributed by atoms with Crippen LogP contribution in [0.25, 0.3) is 0 Å². The summed E-state index contributed by atoms with van der Waals surface area (Å²) in [6.07, 6.45) is 1.75. The highest BCUT2D eigenvalue weighted by molar-refractivity contribution is 9.09. The highest BCUT2D eigenvalue weighted by Gasteiger charge is 2.76. The van der Waals surface area contributed by atoms with E-state index >= 15 is 0 Å². The number of phenols is 1. The van der Waals surface area contributed by atoms with E-state index in [4.69, 9.17) is 23.2 Å². The van der Waals surface area contributed by atoms with E-state index in [2.05, 4.69) is 15.9 Å². The Hall–Kier alpha value is -2.75. The topological polar surface area (TPSA) is 95.0 Å². The lowest BCUT2D eigenvalue weighted by atomic mass is 9.56. The van der Waals surface area contributed by atoms with Gasteiger partial charge in [-0.3, -0.25) is 29.0 Å². The number of phenolic OH excluding ortho intramolecular Hbond substituents is 1. The molecule has 6 atom stereocenters. The fourth-order valence-electron chi connectivity index (χ4n) is 6.85. The Morgan fingerprint density at radius 2 is 1.67 bits per heavy atom. The Labute approximate surface area is 241 Å². The van der Waals surface area contributed by atoms with E-state index in [1.165, 1.54) is 17.0 Å². The van der Waals surface area contributed by atoms with Gasteiger partial charge in [-0.2, -0.15) is 0 Å². The minimum Gasteiger partial charge on any atom is -0.505 e. The molecule has 2 heterocycles. The van der Waals surface area contributed by atoms with E-state index < -0.39 is 62.7 Å². The third kappa shape index (κ3) is 3.45. The third-order valence-electron chi connectivity index (χ3n) is 8.62. The number of hydrogen-bond acceptors (Lipinski definition) is 5. The zero-order valence-corrected chi connectivity index (χ0v) is 23.4. The van der Waals surface area contributed by atoms with Crippen LogP contribution in [0.15, 0.2) is 60.2 Å². The summed E-state index contributed by atoms with van der Waals surface area (Å²) < 4.78 is 14.6. The summed E-state index contributed by atoms with van der Waals surface area (Å²) in [6.45, 7) is 0.0991. The number of aromatic hydroxyl groups is 1. The van der Waals surface area contributed by atoms with E-state index in [0.29, 0.717) is 5.57 Å². The van der Waals surface area contributed by atoms with E-state index in [9.17, 15) is 28.7 Å². The maximum atomic E-state index is 14.6. The number of nitrogens with zero attached hydrogens (tertiary/aromatic N) is 2. The van der Waals surface area contributed by atoms with Crippen LogP contribution in [0.5, 0.6) is 5.75 Å². The van der Waals surface area contributed by atoms with Crippen molar-refractivity contribution >= 4 is 62.8 Å². The number of alkyl halides is 3. The molecule has 6 rings (SSSR count). The van der Waals surface area contributed by atoms with Crippen molar-refractivity contribution in [1.29, 1.82) is 0 Å². The van der Waals surface area contributed by atoms with Crippen molar-refractivity contribution in [2.24, 2.45) is 17.8 Å². The van der Waals surface area contributed by atoms with E-state index in [0.717, 1.165) is 16.5 Å². The molecule has 0 unspecified atom stereocenters. The van der Waals surface area contributed by atoms with Crippen molar-refractivity contribution in [2.45, 2.75) is 35.1 Å². The molecule has 2 aliphatic carbocycles. The number of allylic oxidation sites excluding steroid dienone is 2. The third-order valence-corrected chi connectivity index (χ3v) is 10.5. The summed E-state index contributed by atoms with van der Waals surface area (Å²) in [6, 6.07) is 13.0. The number of amides is 4. The van der Waals surface area contributed by atoms with Crippen LogP contribution in [0.1, 0.15) is 29.9 Å². The molecular formula is C28H22BrCl2FN2O5. The van der Waals surface area contributed by atoms with E-state index in [1.54, 1.807) is 6.08 Å². The van der Waals surface area contributed by atoms with Crippen molar-refractivity contribution in [3.05, 3.63) is 77.1 Å². The van der Waals surface area contributed by atoms with Gasteiger partial charge in [-0.15, -0.1) is 23.2 Å². The quantitative estimate of drug-likeness (QED) is 0.232. The first-order valence-corrected chi connectivity index (χ1v) is 14.3. The SMILES string of the molecule is O=C1[C@H]2[C@H](CC=C3[C@H]2C[C@@]2(Cl)C(=O)N(CBr)C(=O)[C@@]2(Cl)[C@H]3c2cccc(F)c2O)C(=O)N1Cc1ccccc1. The monoisotopic (exact) mass is 634 g/mol. The smallest absolute Gasteiger partial charge is 0.254 e. The van der Waals surface area contributed by atoms with Gasteiger partial charge in [0, 0.05) is 11.5 Å².